The van der Waals surface area contributed by atoms with Crippen LogP contribution in [0.2, 0.25) is 0 Å². The lowest BCUT2D eigenvalue weighted by Gasteiger charge is -2.14. The van der Waals surface area contributed by atoms with Gasteiger partial charge in [-0.1, -0.05) is 0 Å². The van der Waals surface area contributed by atoms with Crippen molar-refractivity contribution in [2.24, 2.45) is 0 Å². The number of ether oxygens (including phenoxy) is 1. The summed E-state index contributed by atoms with van der Waals surface area (Å²) in [5.41, 5.74) is -1.37. The summed E-state index contributed by atoms with van der Waals surface area (Å²) in [6.45, 7) is 0. The van der Waals surface area contributed by atoms with Gasteiger partial charge in [0.15, 0.2) is 0 Å². The van der Waals surface area contributed by atoms with Crippen LogP contribution in [-0.4, -0.2) is 19.1 Å². The van der Waals surface area contributed by atoms with Gasteiger partial charge in [0.2, 0.25) is 0 Å². The van der Waals surface area contributed by atoms with Crippen LogP contribution >= 0.6 is 0 Å². The van der Waals surface area contributed by atoms with Crippen molar-refractivity contribution in [3.63, 3.8) is 0 Å². The first kappa shape index (κ1) is 12.7. The molecule has 0 aromatic heterocycles. The zero-order valence-electron chi connectivity index (χ0n) is 9.67. The van der Waals surface area contributed by atoms with Crippen LogP contribution < -0.4 is 10.1 Å². The minimum absolute atomic E-state index is 0.0111. The fourth-order valence-corrected chi connectivity index (χ4v) is 1.54. The van der Waals surface area contributed by atoms with Crippen molar-refractivity contribution < 1.29 is 22.7 Å². The molecule has 3 nitrogen and oxygen atoms in total. The van der Waals surface area contributed by atoms with Gasteiger partial charge in [-0.25, -0.2) is 0 Å². The third kappa shape index (κ3) is 2.75. The fourth-order valence-electron chi connectivity index (χ4n) is 1.54. The molecule has 2 rings (SSSR count). The van der Waals surface area contributed by atoms with E-state index < -0.39 is 23.2 Å². The lowest BCUT2D eigenvalue weighted by atomic mass is 10.1. The second kappa shape index (κ2) is 4.51. The van der Waals surface area contributed by atoms with Crippen molar-refractivity contribution in [1.82, 2.24) is 5.32 Å². The molecule has 0 saturated heterocycles. The molecule has 0 unspecified atom stereocenters. The molecule has 1 N–H and O–H groups in total. The van der Waals surface area contributed by atoms with Crippen LogP contribution in [0.5, 0.6) is 5.75 Å². The molecular weight excluding hydrogens is 247 g/mol. The zero-order valence-corrected chi connectivity index (χ0v) is 9.67. The van der Waals surface area contributed by atoms with Crippen LogP contribution in [0.1, 0.15) is 28.8 Å². The monoisotopic (exact) mass is 259 g/mol. The maximum atomic E-state index is 12.8. The minimum atomic E-state index is -4.58. The number of benzene rings is 1. The van der Waals surface area contributed by atoms with Gasteiger partial charge < -0.3 is 10.1 Å². The van der Waals surface area contributed by atoms with Crippen molar-refractivity contribution in [3.8, 4) is 5.75 Å². The van der Waals surface area contributed by atoms with Gasteiger partial charge in [-0.15, -0.1) is 0 Å². The third-order valence-corrected chi connectivity index (χ3v) is 2.60. The number of alkyl halides is 3. The van der Waals surface area contributed by atoms with Crippen molar-refractivity contribution >= 4 is 5.91 Å². The number of nitrogens with one attached hydrogen (secondary N) is 1. The molecule has 0 atom stereocenters. The SMILES string of the molecule is CNC(=O)c1ccc(OC2CC2)cc1C(F)(F)F. The Morgan fingerprint density at radius 2 is 2.06 bits per heavy atom. The number of rotatable bonds is 3. The van der Waals surface area contributed by atoms with Crippen molar-refractivity contribution in [3.05, 3.63) is 29.3 Å². The molecule has 98 valence electrons. The van der Waals surface area contributed by atoms with E-state index in [9.17, 15) is 18.0 Å². The minimum Gasteiger partial charge on any atom is -0.490 e. The van der Waals surface area contributed by atoms with Gasteiger partial charge in [0, 0.05) is 7.05 Å². The van der Waals surface area contributed by atoms with Crippen LogP contribution in [0.3, 0.4) is 0 Å². The fraction of sp³-hybridized carbons (Fsp3) is 0.417. The summed E-state index contributed by atoms with van der Waals surface area (Å²) in [4.78, 5) is 11.4. The molecule has 1 aliphatic rings. The Hall–Kier alpha value is -1.72. The summed E-state index contributed by atoms with van der Waals surface area (Å²) in [6.07, 6.45) is -2.85. The Bertz CT molecular complexity index is 467. The van der Waals surface area contributed by atoms with E-state index in [1.165, 1.54) is 13.1 Å². The van der Waals surface area contributed by atoms with Crippen molar-refractivity contribution in [1.29, 1.82) is 0 Å². The predicted octanol–water partition coefficient (Wildman–Crippen LogP) is 2.61. The van der Waals surface area contributed by atoms with Crippen LogP contribution in [0, 0.1) is 0 Å². The lowest BCUT2D eigenvalue weighted by molar-refractivity contribution is -0.138. The number of amides is 1. The summed E-state index contributed by atoms with van der Waals surface area (Å²) >= 11 is 0. The topological polar surface area (TPSA) is 38.3 Å². The molecule has 18 heavy (non-hydrogen) atoms. The molecule has 0 radical (unpaired) electrons. The van der Waals surface area contributed by atoms with E-state index in [1.54, 1.807) is 0 Å². The van der Waals surface area contributed by atoms with Crippen LogP contribution in [-0.2, 0) is 6.18 Å². The van der Waals surface area contributed by atoms with Crippen molar-refractivity contribution in [2.45, 2.75) is 25.1 Å². The van der Waals surface area contributed by atoms with Gasteiger partial charge >= 0.3 is 6.18 Å². The molecule has 1 aromatic rings. The van der Waals surface area contributed by atoms with Gasteiger partial charge in [-0.3, -0.25) is 4.79 Å². The van der Waals surface area contributed by atoms with Crippen LogP contribution in [0.4, 0.5) is 13.2 Å². The quantitative estimate of drug-likeness (QED) is 0.906. The maximum absolute atomic E-state index is 12.8. The first-order valence-corrected chi connectivity index (χ1v) is 5.52. The van der Waals surface area contributed by atoms with Gasteiger partial charge in [0.05, 0.1) is 17.2 Å². The molecule has 0 heterocycles. The average Bonchev–Trinajstić information content (AvgIpc) is 3.11. The Labute approximate surface area is 102 Å². The van der Waals surface area contributed by atoms with Gasteiger partial charge in [-0.2, -0.15) is 13.2 Å². The molecule has 0 spiro atoms. The smallest absolute Gasteiger partial charge is 0.417 e. The van der Waals surface area contributed by atoms with E-state index in [1.807, 2.05) is 0 Å². The second-order valence-electron chi connectivity index (χ2n) is 4.10. The third-order valence-electron chi connectivity index (χ3n) is 2.60. The highest BCUT2D eigenvalue weighted by Gasteiger charge is 2.36. The van der Waals surface area contributed by atoms with Crippen molar-refractivity contribution in [2.75, 3.05) is 7.05 Å². The first-order chi connectivity index (χ1) is 8.41. The Balaban J connectivity index is 2.37. The Morgan fingerprint density at radius 3 is 2.56 bits per heavy atom. The number of carbonyl (C=O) groups is 1. The summed E-state index contributed by atoms with van der Waals surface area (Å²) in [5, 5.41) is 2.19. The average molecular weight is 259 g/mol. The second-order valence-corrected chi connectivity index (χ2v) is 4.10. The molecule has 1 aliphatic carbocycles. The highest BCUT2D eigenvalue weighted by Crippen LogP contribution is 2.36. The maximum Gasteiger partial charge on any atom is 0.417 e. The number of hydrogen-bond donors (Lipinski definition) is 1. The summed E-state index contributed by atoms with van der Waals surface area (Å²) in [7, 11) is 1.29. The summed E-state index contributed by atoms with van der Waals surface area (Å²) in [5.74, 6) is -0.613. The molecule has 1 aromatic carbocycles. The molecule has 0 bridgehead atoms. The van der Waals surface area contributed by atoms with E-state index in [-0.39, 0.29) is 11.9 Å². The van der Waals surface area contributed by atoms with E-state index in [2.05, 4.69) is 5.32 Å². The standard InChI is InChI=1S/C12H12F3NO2/c1-16-11(17)9-5-4-8(18-7-2-3-7)6-10(9)12(13,14)15/h4-7H,2-3H2,1H3,(H,16,17). The van der Waals surface area contributed by atoms with Gasteiger partial charge in [0.25, 0.3) is 5.91 Å². The number of hydrogen-bond acceptors (Lipinski definition) is 2. The van der Waals surface area contributed by atoms with E-state index in [0.29, 0.717) is 0 Å². The van der Waals surface area contributed by atoms with E-state index in [4.69, 9.17) is 4.74 Å². The molecule has 1 amide bonds. The zero-order chi connectivity index (χ0) is 13.3. The van der Waals surface area contributed by atoms with Crippen LogP contribution in [0.25, 0.3) is 0 Å². The summed E-state index contributed by atoms with van der Waals surface area (Å²) in [6, 6.07) is 3.40. The first-order valence-electron chi connectivity index (χ1n) is 5.52. The Kier molecular flexibility index (Phi) is 3.19. The normalized spacial score (nSPS) is 15.3. The van der Waals surface area contributed by atoms with Crippen LogP contribution in [0.15, 0.2) is 18.2 Å². The number of halogens is 3. The van der Waals surface area contributed by atoms with Gasteiger partial charge in [0.1, 0.15) is 5.75 Å². The highest BCUT2D eigenvalue weighted by molar-refractivity contribution is 5.95. The largest absolute Gasteiger partial charge is 0.490 e. The molecule has 1 saturated carbocycles. The van der Waals surface area contributed by atoms with Gasteiger partial charge in [-0.05, 0) is 31.0 Å². The molecule has 1 fully saturated rings. The molecule has 6 heteroatoms. The molecule has 0 aliphatic heterocycles. The molecular formula is C12H12F3NO2. The predicted molar refractivity (Wildman–Crippen MR) is 58.5 cm³/mol. The Morgan fingerprint density at radius 1 is 1.39 bits per heavy atom. The summed E-state index contributed by atoms with van der Waals surface area (Å²) < 4.78 is 43.8. The number of carbonyl (C=O) groups excluding carboxylic acids is 1. The van der Waals surface area contributed by atoms with E-state index in [0.717, 1.165) is 25.0 Å². The lowest BCUT2D eigenvalue weighted by Crippen LogP contribution is -2.22. The van der Waals surface area contributed by atoms with E-state index >= 15 is 0 Å². The highest BCUT2D eigenvalue weighted by atomic mass is 19.4.